The summed E-state index contributed by atoms with van der Waals surface area (Å²) in [6.45, 7) is 8.74. The summed E-state index contributed by atoms with van der Waals surface area (Å²) < 4.78 is 11.2. The normalized spacial score (nSPS) is 12.7. The largest absolute Gasteiger partial charge is 0.494 e. The van der Waals surface area contributed by atoms with Gasteiger partial charge in [-0.05, 0) is 50.4 Å². The second-order valence-electron chi connectivity index (χ2n) is 5.45. The molecule has 1 atom stereocenters. The third-order valence-electron chi connectivity index (χ3n) is 3.30. The Morgan fingerprint density at radius 1 is 1.15 bits per heavy atom. The van der Waals surface area contributed by atoms with Crippen LogP contribution in [0, 0.1) is 5.92 Å². The molecular weight excluding hydrogens is 250 g/mol. The summed E-state index contributed by atoms with van der Waals surface area (Å²) in [4.78, 5) is 0. The minimum atomic E-state index is 0.240. The zero-order chi connectivity index (χ0) is 14.8. The van der Waals surface area contributed by atoms with Crippen molar-refractivity contribution in [3.05, 3.63) is 29.8 Å². The Hall–Kier alpha value is -1.06. The van der Waals surface area contributed by atoms with Crippen molar-refractivity contribution in [2.45, 2.75) is 39.7 Å². The first-order chi connectivity index (χ1) is 9.67. The van der Waals surface area contributed by atoms with E-state index < -0.39 is 0 Å². The zero-order valence-corrected chi connectivity index (χ0v) is 13.3. The van der Waals surface area contributed by atoms with E-state index in [4.69, 9.17) is 9.47 Å². The quantitative estimate of drug-likeness (QED) is 0.661. The van der Waals surface area contributed by atoms with Gasteiger partial charge in [-0.2, -0.15) is 0 Å². The van der Waals surface area contributed by atoms with E-state index in [-0.39, 0.29) is 6.04 Å². The topological polar surface area (TPSA) is 30.5 Å². The second kappa shape index (κ2) is 9.78. The van der Waals surface area contributed by atoms with E-state index in [9.17, 15) is 0 Å². The van der Waals surface area contributed by atoms with Gasteiger partial charge in [0.05, 0.1) is 19.3 Å². The number of likely N-dealkylation sites (N-methyl/N-ethyl adjacent to an activating group) is 1. The maximum absolute atomic E-state index is 5.78. The molecule has 114 valence electrons. The molecule has 1 N–H and O–H groups in total. The maximum atomic E-state index is 5.78. The summed E-state index contributed by atoms with van der Waals surface area (Å²) >= 11 is 0. The molecule has 0 heterocycles. The molecule has 20 heavy (non-hydrogen) atoms. The van der Waals surface area contributed by atoms with Crippen molar-refractivity contribution >= 4 is 0 Å². The Bertz CT molecular complexity index is 349. The summed E-state index contributed by atoms with van der Waals surface area (Å²) in [6, 6.07) is 8.47. The lowest BCUT2D eigenvalue weighted by Crippen LogP contribution is -2.22. The van der Waals surface area contributed by atoms with Crippen molar-refractivity contribution in [3.63, 3.8) is 0 Å². The lowest BCUT2D eigenvalue weighted by Gasteiger charge is -2.17. The first-order valence-corrected chi connectivity index (χ1v) is 7.65. The van der Waals surface area contributed by atoms with Crippen LogP contribution >= 0.6 is 0 Å². The van der Waals surface area contributed by atoms with Crippen LogP contribution in [0.2, 0.25) is 0 Å². The van der Waals surface area contributed by atoms with Crippen LogP contribution in [0.15, 0.2) is 24.3 Å². The summed E-state index contributed by atoms with van der Waals surface area (Å²) in [5, 5.41) is 3.30. The van der Waals surface area contributed by atoms with E-state index in [0.717, 1.165) is 24.7 Å². The third kappa shape index (κ3) is 6.40. The van der Waals surface area contributed by atoms with Gasteiger partial charge in [-0.25, -0.2) is 0 Å². The van der Waals surface area contributed by atoms with Crippen LogP contribution in [-0.2, 0) is 4.74 Å². The van der Waals surface area contributed by atoms with E-state index in [0.29, 0.717) is 13.2 Å². The predicted molar refractivity (Wildman–Crippen MR) is 84.3 cm³/mol. The van der Waals surface area contributed by atoms with Gasteiger partial charge in [0.25, 0.3) is 0 Å². The van der Waals surface area contributed by atoms with Crippen LogP contribution in [0.1, 0.15) is 45.2 Å². The Morgan fingerprint density at radius 2 is 1.85 bits per heavy atom. The fourth-order valence-corrected chi connectivity index (χ4v) is 2.10. The van der Waals surface area contributed by atoms with E-state index in [1.165, 1.54) is 12.0 Å². The molecule has 0 bridgehead atoms. The average Bonchev–Trinajstić information content (AvgIpc) is 2.44. The second-order valence-corrected chi connectivity index (χ2v) is 5.45. The SMILES string of the molecule is CCOc1ccc(C(COCCCC(C)C)NC)cc1. The van der Waals surface area contributed by atoms with Gasteiger partial charge in [-0.15, -0.1) is 0 Å². The van der Waals surface area contributed by atoms with E-state index in [1.807, 2.05) is 26.1 Å². The van der Waals surface area contributed by atoms with Crippen LogP contribution in [0.3, 0.4) is 0 Å². The Kier molecular flexibility index (Phi) is 8.31. The predicted octanol–water partition coefficient (Wildman–Crippen LogP) is 3.80. The molecule has 0 fully saturated rings. The first kappa shape index (κ1) is 17.0. The van der Waals surface area contributed by atoms with Crippen LogP contribution < -0.4 is 10.1 Å². The maximum Gasteiger partial charge on any atom is 0.119 e. The van der Waals surface area contributed by atoms with Gasteiger partial charge in [0.15, 0.2) is 0 Å². The summed E-state index contributed by atoms with van der Waals surface area (Å²) in [7, 11) is 1.97. The minimum Gasteiger partial charge on any atom is -0.494 e. The molecule has 0 aliphatic heterocycles. The van der Waals surface area contributed by atoms with Gasteiger partial charge in [-0.3, -0.25) is 0 Å². The van der Waals surface area contributed by atoms with Crippen LogP contribution in [0.5, 0.6) is 5.75 Å². The van der Waals surface area contributed by atoms with Crippen molar-refractivity contribution < 1.29 is 9.47 Å². The number of benzene rings is 1. The highest BCUT2D eigenvalue weighted by molar-refractivity contribution is 5.29. The Labute approximate surface area is 123 Å². The molecule has 3 heteroatoms. The highest BCUT2D eigenvalue weighted by atomic mass is 16.5. The molecule has 1 rings (SSSR count). The Morgan fingerprint density at radius 3 is 2.40 bits per heavy atom. The van der Waals surface area contributed by atoms with Gasteiger partial charge in [0.2, 0.25) is 0 Å². The highest BCUT2D eigenvalue weighted by Crippen LogP contribution is 2.18. The molecule has 0 aliphatic rings. The first-order valence-electron chi connectivity index (χ1n) is 7.65. The molecular formula is C17H29NO2. The zero-order valence-electron chi connectivity index (χ0n) is 13.3. The van der Waals surface area contributed by atoms with E-state index in [2.05, 4.69) is 31.3 Å². The summed E-state index contributed by atoms with van der Waals surface area (Å²) in [6.07, 6.45) is 2.37. The minimum absolute atomic E-state index is 0.240. The Balaban J connectivity index is 2.37. The smallest absolute Gasteiger partial charge is 0.119 e. The molecule has 0 radical (unpaired) electrons. The third-order valence-corrected chi connectivity index (χ3v) is 3.30. The van der Waals surface area contributed by atoms with Crippen molar-refractivity contribution in [1.29, 1.82) is 0 Å². The average molecular weight is 279 g/mol. The van der Waals surface area contributed by atoms with Crippen LogP contribution in [-0.4, -0.2) is 26.9 Å². The molecule has 0 aromatic heterocycles. The molecule has 1 aromatic rings. The van der Waals surface area contributed by atoms with Gasteiger partial charge >= 0.3 is 0 Å². The molecule has 3 nitrogen and oxygen atoms in total. The highest BCUT2D eigenvalue weighted by Gasteiger charge is 2.09. The van der Waals surface area contributed by atoms with E-state index >= 15 is 0 Å². The number of hydrogen-bond donors (Lipinski definition) is 1. The fraction of sp³-hybridized carbons (Fsp3) is 0.647. The molecule has 0 spiro atoms. The van der Waals surface area contributed by atoms with Crippen molar-refractivity contribution in [3.8, 4) is 5.75 Å². The van der Waals surface area contributed by atoms with Crippen molar-refractivity contribution in [2.75, 3.05) is 26.9 Å². The standard InChI is InChI=1S/C17H29NO2/c1-5-20-16-10-8-15(9-11-16)17(18-4)13-19-12-6-7-14(2)3/h8-11,14,17-18H,5-7,12-13H2,1-4H3. The number of ether oxygens (including phenoxy) is 2. The fourth-order valence-electron chi connectivity index (χ4n) is 2.10. The monoisotopic (exact) mass is 279 g/mol. The molecule has 0 amide bonds. The van der Waals surface area contributed by atoms with Gasteiger partial charge in [0.1, 0.15) is 5.75 Å². The van der Waals surface area contributed by atoms with Gasteiger partial charge in [0, 0.05) is 6.61 Å². The molecule has 0 aliphatic carbocycles. The van der Waals surface area contributed by atoms with Gasteiger partial charge < -0.3 is 14.8 Å². The number of hydrogen-bond acceptors (Lipinski definition) is 3. The molecule has 1 unspecified atom stereocenters. The van der Waals surface area contributed by atoms with Crippen LogP contribution in [0.4, 0.5) is 0 Å². The lowest BCUT2D eigenvalue weighted by atomic mass is 10.1. The van der Waals surface area contributed by atoms with Crippen molar-refractivity contribution in [2.24, 2.45) is 5.92 Å². The van der Waals surface area contributed by atoms with E-state index in [1.54, 1.807) is 0 Å². The summed E-state index contributed by atoms with van der Waals surface area (Å²) in [5.74, 6) is 1.67. The molecule has 1 aromatic carbocycles. The lowest BCUT2D eigenvalue weighted by molar-refractivity contribution is 0.108. The molecule has 0 saturated carbocycles. The number of nitrogens with one attached hydrogen (secondary N) is 1. The summed E-state index contributed by atoms with van der Waals surface area (Å²) in [5.41, 5.74) is 1.24. The van der Waals surface area contributed by atoms with Gasteiger partial charge in [-0.1, -0.05) is 26.0 Å². The van der Waals surface area contributed by atoms with Crippen molar-refractivity contribution in [1.82, 2.24) is 5.32 Å². The molecule has 0 saturated heterocycles. The van der Waals surface area contributed by atoms with Crippen LogP contribution in [0.25, 0.3) is 0 Å². The number of rotatable bonds is 10.